The minimum absolute atomic E-state index is 0.110. The number of hydrogen-bond acceptors (Lipinski definition) is 7. The van der Waals surface area contributed by atoms with Gasteiger partial charge in [-0.3, -0.25) is 14.5 Å². The molecule has 2 aliphatic rings. The maximum Gasteiger partial charge on any atom is 0.341 e. The molecule has 0 radical (unpaired) electrons. The lowest BCUT2D eigenvalue weighted by molar-refractivity contribution is 0.0600. The maximum atomic E-state index is 12.1. The highest BCUT2D eigenvalue weighted by molar-refractivity contribution is 7.71. The van der Waals surface area contributed by atoms with Crippen molar-refractivity contribution in [3.8, 4) is 22.8 Å². The zero-order valence-electron chi connectivity index (χ0n) is 13.3. The topological polar surface area (TPSA) is 123 Å². The number of ether oxygens (including phenoxy) is 1. The second-order valence-electron chi connectivity index (χ2n) is 5.24. The maximum absolute atomic E-state index is 12.1. The number of nitrogens with zero attached hydrogens (tertiary/aromatic N) is 5. The summed E-state index contributed by atoms with van der Waals surface area (Å²) in [6, 6.07) is 5.35. The smallest absolute Gasteiger partial charge is 0.341 e. The number of hydrogen-bond donors (Lipinski definition) is 2. The molecule has 2 aromatic rings. The Kier molecular flexibility index (Phi) is 3.69. The number of rotatable bonds is 3. The van der Waals surface area contributed by atoms with Crippen LogP contribution in [0.15, 0.2) is 41.6 Å². The molecule has 10 nitrogen and oxygen atoms in total. The molecule has 0 unspecified atom stereocenters. The summed E-state index contributed by atoms with van der Waals surface area (Å²) in [4.78, 5) is 28.4. The summed E-state index contributed by atoms with van der Waals surface area (Å²) in [5.41, 5.74) is 0.657. The summed E-state index contributed by atoms with van der Waals surface area (Å²) in [6.45, 7) is 0. The molecule has 0 saturated heterocycles. The van der Waals surface area contributed by atoms with Crippen LogP contribution in [0.1, 0.15) is 10.4 Å². The highest BCUT2D eigenvalue weighted by Crippen LogP contribution is 2.22. The largest absolute Gasteiger partial charge is 0.465 e. The van der Waals surface area contributed by atoms with Crippen molar-refractivity contribution < 1.29 is 9.53 Å². The lowest BCUT2D eigenvalue weighted by Gasteiger charge is -2.13. The van der Waals surface area contributed by atoms with Crippen LogP contribution in [0.5, 0.6) is 0 Å². The molecular weight excluding hydrogens is 358 g/mol. The van der Waals surface area contributed by atoms with E-state index in [1.54, 1.807) is 18.3 Å². The summed E-state index contributed by atoms with van der Waals surface area (Å²) >= 11 is 5.31. The standard InChI is InChI=1S/C15H11N7O3S/c1-25-14(24)9-7-21(6-8-11(9)17-19-13(8)23)22-12(18-20-15(22)26)10-4-2-3-5-16-10/h2-7H,1H3,(H,19,23)(H,20,26). The summed E-state index contributed by atoms with van der Waals surface area (Å²) in [5, 5.41) is 13.1. The third kappa shape index (κ3) is 2.41. The van der Waals surface area contributed by atoms with Crippen molar-refractivity contribution in [3.05, 3.63) is 57.5 Å². The molecule has 4 rings (SSSR count). The second-order valence-corrected chi connectivity index (χ2v) is 5.62. The number of fused-ring (bicyclic) bond motifs is 1. The number of esters is 1. The molecule has 2 aromatic heterocycles. The van der Waals surface area contributed by atoms with Gasteiger partial charge in [0.15, 0.2) is 0 Å². The van der Waals surface area contributed by atoms with Crippen LogP contribution in [-0.2, 0) is 4.74 Å². The highest BCUT2D eigenvalue weighted by Gasteiger charge is 2.23. The van der Waals surface area contributed by atoms with Crippen molar-refractivity contribution in [1.82, 2.24) is 34.7 Å². The van der Waals surface area contributed by atoms with Crippen molar-refractivity contribution in [1.29, 1.82) is 0 Å². The van der Waals surface area contributed by atoms with Crippen molar-refractivity contribution in [2.75, 3.05) is 7.11 Å². The Balaban J connectivity index is 2.02. The fraction of sp³-hybridized carbons (Fsp3) is 0.0667. The van der Waals surface area contributed by atoms with Gasteiger partial charge in [-0.15, -0.1) is 0 Å². The molecule has 0 atom stereocenters. The van der Waals surface area contributed by atoms with E-state index < -0.39 is 11.5 Å². The number of H-pyrrole nitrogens is 2. The first-order chi connectivity index (χ1) is 12.6. The van der Waals surface area contributed by atoms with Crippen LogP contribution in [0.2, 0.25) is 0 Å². The normalized spacial score (nSPS) is 11.0. The quantitative estimate of drug-likeness (QED) is 0.409. The molecule has 130 valence electrons. The highest BCUT2D eigenvalue weighted by atomic mass is 32.1. The number of carbonyl (C=O) groups is 1. The van der Waals surface area contributed by atoms with E-state index in [4.69, 9.17) is 17.0 Å². The summed E-state index contributed by atoms with van der Waals surface area (Å²) < 4.78 is 8.03. The van der Waals surface area contributed by atoms with Gasteiger partial charge in [-0.1, -0.05) is 6.07 Å². The Bertz CT molecular complexity index is 1190. The molecule has 0 saturated carbocycles. The van der Waals surface area contributed by atoms with Crippen molar-refractivity contribution in [3.63, 3.8) is 0 Å². The molecule has 0 amide bonds. The van der Waals surface area contributed by atoms with Gasteiger partial charge in [0.25, 0.3) is 5.56 Å². The third-order valence-corrected chi connectivity index (χ3v) is 3.99. The van der Waals surface area contributed by atoms with Gasteiger partial charge in [-0.2, -0.15) is 10.2 Å². The third-order valence-electron chi connectivity index (χ3n) is 3.73. The number of aromatic amines is 2. The zero-order valence-corrected chi connectivity index (χ0v) is 14.1. The van der Waals surface area contributed by atoms with Crippen LogP contribution >= 0.6 is 12.2 Å². The fourth-order valence-electron chi connectivity index (χ4n) is 2.56. The van der Waals surface area contributed by atoms with E-state index in [-0.39, 0.29) is 21.6 Å². The van der Waals surface area contributed by atoms with Gasteiger partial charge in [0.05, 0.1) is 12.7 Å². The van der Waals surface area contributed by atoms with E-state index in [1.165, 1.54) is 28.9 Å². The molecule has 4 heterocycles. The first-order valence-corrected chi connectivity index (χ1v) is 7.79. The first-order valence-electron chi connectivity index (χ1n) is 7.38. The summed E-state index contributed by atoms with van der Waals surface area (Å²) in [6.07, 6.45) is 4.59. The van der Waals surface area contributed by atoms with E-state index in [0.717, 1.165) is 0 Å². The van der Waals surface area contributed by atoms with Crippen molar-refractivity contribution in [2.24, 2.45) is 0 Å². The van der Waals surface area contributed by atoms with Gasteiger partial charge < -0.3 is 4.74 Å². The predicted molar refractivity (Wildman–Crippen MR) is 92.2 cm³/mol. The number of methoxy groups -OCH3 is 1. The van der Waals surface area contributed by atoms with Gasteiger partial charge in [0, 0.05) is 18.6 Å². The van der Waals surface area contributed by atoms with Gasteiger partial charge >= 0.3 is 5.97 Å². The minimum Gasteiger partial charge on any atom is -0.465 e. The lowest BCUT2D eigenvalue weighted by atomic mass is 10.1. The average molecular weight is 369 g/mol. The van der Waals surface area contributed by atoms with Gasteiger partial charge in [0.2, 0.25) is 10.6 Å². The number of carbonyl (C=O) groups excluding carboxylic acids is 1. The number of nitrogens with one attached hydrogen (secondary N) is 2. The van der Waals surface area contributed by atoms with Crippen LogP contribution in [-0.4, -0.2) is 47.8 Å². The molecule has 2 aliphatic heterocycles. The van der Waals surface area contributed by atoms with Crippen LogP contribution in [0, 0.1) is 4.77 Å². The predicted octanol–water partition coefficient (Wildman–Crippen LogP) is 1.09. The molecule has 26 heavy (non-hydrogen) atoms. The van der Waals surface area contributed by atoms with E-state index in [9.17, 15) is 9.59 Å². The molecule has 0 bridgehead atoms. The molecule has 2 N–H and O–H groups in total. The molecule has 0 fully saturated rings. The van der Waals surface area contributed by atoms with Crippen LogP contribution in [0.4, 0.5) is 0 Å². The Morgan fingerprint density at radius 3 is 2.81 bits per heavy atom. The van der Waals surface area contributed by atoms with E-state index in [2.05, 4.69) is 25.4 Å². The number of aromatic nitrogens is 7. The summed E-state index contributed by atoms with van der Waals surface area (Å²) in [5.74, 6) is -0.225. The molecule has 0 aliphatic carbocycles. The Morgan fingerprint density at radius 1 is 1.23 bits per heavy atom. The number of pyridine rings is 2. The van der Waals surface area contributed by atoms with Crippen LogP contribution < -0.4 is 5.56 Å². The second kappa shape index (κ2) is 6.04. The monoisotopic (exact) mass is 369 g/mol. The first kappa shape index (κ1) is 15.9. The van der Waals surface area contributed by atoms with Gasteiger partial charge in [-0.25, -0.2) is 19.7 Å². The van der Waals surface area contributed by atoms with E-state index >= 15 is 0 Å². The Hall–Kier alpha value is -3.60. The Labute approximate surface area is 150 Å². The van der Waals surface area contributed by atoms with Gasteiger partial charge in [-0.05, 0) is 24.4 Å². The Morgan fingerprint density at radius 2 is 2.08 bits per heavy atom. The molecule has 0 aromatic carbocycles. The lowest BCUT2D eigenvalue weighted by Crippen LogP contribution is -2.17. The van der Waals surface area contributed by atoms with Crippen molar-refractivity contribution >= 4 is 18.2 Å². The zero-order chi connectivity index (χ0) is 18.3. The van der Waals surface area contributed by atoms with E-state index in [1.807, 2.05) is 6.07 Å². The molecule has 0 spiro atoms. The van der Waals surface area contributed by atoms with E-state index in [0.29, 0.717) is 11.5 Å². The van der Waals surface area contributed by atoms with Crippen molar-refractivity contribution in [2.45, 2.75) is 0 Å². The van der Waals surface area contributed by atoms with Gasteiger partial charge in [0.1, 0.15) is 17.0 Å². The summed E-state index contributed by atoms with van der Waals surface area (Å²) in [7, 11) is 1.25. The fourth-order valence-corrected chi connectivity index (χ4v) is 2.79. The molecule has 11 heteroatoms. The SMILES string of the molecule is COC(=O)c1cn(-n2c(-c3ccccn3)n[nH]c2=S)cc2c(=O)[nH]nc1-2. The average Bonchev–Trinajstić information content (AvgIpc) is 3.24. The minimum atomic E-state index is -0.634. The van der Waals surface area contributed by atoms with Crippen LogP contribution in [0.3, 0.4) is 0 Å². The molecular formula is C15H11N7O3S. The van der Waals surface area contributed by atoms with Crippen LogP contribution in [0.25, 0.3) is 22.8 Å².